The van der Waals surface area contributed by atoms with Crippen LogP contribution in [0.1, 0.15) is 239 Å². The first-order valence-electron chi connectivity index (χ1n) is 35.2. The lowest BCUT2D eigenvalue weighted by Crippen LogP contribution is -2.66. The van der Waals surface area contributed by atoms with E-state index < -0.39 is 124 Å². The third-order valence-corrected chi connectivity index (χ3v) is 17.3. The van der Waals surface area contributed by atoms with Gasteiger partial charge in [-0.2, -0.15) is 0 Å². The third-order valence-electron chi connectivity index (χ3n) is 17.3. The molecule has 17 unspecified atom stereocenters. The lowest BCUT2D eigenvalue weighted by atomic mass is 9.96. The molecule has 1 amide bonds. The molecule has 3 aliphatic heterocycles. The Balaban J connectivity index is 1.45. The van der Waals surface area contributed by atoms with Gasteiger partial charge >= 0.3 is 0 Å². The second-order valence-corrected chi connectivity index (χ2v) is 25.0. The highest BCUT2D eigenvalue weighted by molar-refractivity contribution is 5.76. The standard InChI is InChI=1S/C71H125NO18/c1-3-5-7-9-11-13-15-17-19-21-23-25-27-29-31-33-35-37-39-41-43-45-47-49-59(77)72-54(55(76)48-46-44-42-40-38-36-34-32-30-28-26-24-22-20-18-16-14-12-10-8-6-4-2)53-85-69-65(83)62(80)67(57(51-74)87-69)90-71-66(84)63(81)68(58(52-75)88-71)89-70-64(82)61(79)60(78)56(50-73)86-70/h5,7,11,13,17,19,23,25,29,31,46,48,54-58,60-71,73-76,78-84H,3-4,6,8-10,12,14-16,18,20-22,24,26-28,30,32-45,47,49-53H2,1-2H3,(H,72,77)/b7-5-,13-11-,19-17-,25-23-,31-29-,48-46+. The van der Waals surface area contributed by atoms with Gasteiger partial charge in [-0.15, -0.1) is 0 Å². The smallest absolute Gasteiger partial charge is 0.220 e. The van der Waals surface area contributed by atoms with Crippen LogP contribution in [0.4, 0.5) is 0 Å². The maximum absolute atomic E-state index is 13.4. The molecule has 0 saturated carbocycles. The highest BCUT2D eigenvalue weighted by Crippen LogP contribution is 2.33. The number of nitrogens with one attached hydrogen (secondary N) is 1. The summed E-state index contributed by atoms with van der Waals surface area (Å²) in [6, 6.07) is -0.984. The van der Waals surface area contributed by atoms with Gasteiger partial charge in [-0.05, 0) is 64.2 Å². The summed E-state index contributed by atoms with van der Waals surface area (Å²) in [7, 11) is 0. The van der Waals surface area contributed by atoms with Gasteiger partial charge < -0.3 is 89.9 Å². The van der Waals surface area contributed by atoms with Crippen molar-refractivity contribution >= 4 is 5.91 Å². The van der Waals surface area contributed by atoms with Crippen LogP contribution in [0.2, 0.25) is 0 Å². The van der Waals surface area contributed by atoms with Crippen LogP contribution in [0.25, 0.3) is 0 Å². The number of aliphatic hydroxyl groups is 11. The van der Waals surface area contributed by atoms with Crippen molar-refractivity contribution < 1.29 is 89.4 Å². The number of unbranched alkanes of at least 4 members (excludes halogenated alkanes) is 27. The topological polar surface area (TPSA) is 307 Å². The maximum atomic E-state index is 13.4. The van der Waals surface area contributed by atoms with Gasteiger partial charge in [0.25, 0.3) is 0 Å². The third kappa shape index (κ3) is 34.1. The Bertz CT molecular complexity index is 1920. The van der Waals surface area contributed by atoms with E-state index in [1.54, 1.807) is 6.08 Å². The summed E-state index contributed by atoms with van der Waals surface area (Å²) in [4.78, 5) is 13.4. The van der Waals surface area contributed by atoms with E-state index in [0.717, 1.165) is 103 Å². The number of carbonyl (C=O) groups is 1. The molecule has 90 heavy (non-hydrogen) atoms. The van der Waals surface area contributed by atoms with Gasteiger partial charge in [0, 0.05) is 6.42 Å². The summed E-state index contributed by atoms with van der Waals surface area (Å²) in [6.45, 7) is 1.62. The Morgan fingerprint density at radius 2 is 0.767 bits per heavy atom. The first-order chi connectivity index (χ1) is 43.8. The van der Waals surface area contributed by atoms with E-state index in [4.69, 9.17) is 28.4 Å². The zero-order valence-electron chi connectivity index (χ0n) is 55.1. The summed E-state index contributed by atoms with van der Waals surface area (Å²) < 4.78 is 34.4. The predicted molar refractivity (Wildman–Crippen MR) is 351 cm³/mol. The van der Waals surface area contributed by atoms with Crippen LogP contribution >= 0.6 is 0 Å². The van der Waals surface area contributed by atoms with Crippen molar-refractivity contribution in [3.8, 4) is 0 Å². The molecule has 0 radical (unpaired) electrons. The van der Waals surface area contributed by atoms with Crippen molar-refractivity contribution in [2.45, 2.75) is 343 Å². The molecule has 3 rings (SSSR count). The Kier molecular flexibility index (Phi) is 47.5. The largest absolute Gasteiger partial charge is 0.394 e. The zero-order valence-corrected chi connectivity index (χ0v) is 55.1. The first kappa shape index (κ1) is 81.5. The molecule has 19 heteroatoms. The molecule has 522 valence electrons. The van der Waals surface area contributed by atoms with Gasteiger partial charge in [0.1, 0.15) is 73.2 Å². The average Bonchev–Trinajstić information content (AvgIpc) is 0.865. The van der Waals surface area contributed by atoms with Crippen molar-refractivity contribution in [1.82, 2.24) is 5.32 Å². The monoisotopic (exact) mass is 1280 g/mol. The molecule has 0 aliphatic carbocycles. The molecular weight excluding hydrogens is 1150 g/mol. The van der Waals surface area contributed by atoms with E-state index in [1.807, 2.05) is 6.08 Å². The van der Waals surface area contributed by atoms with Crippen molar-refractivity contribution in [3.05, 3.63) is 72.9 Å². The SMILES string of the molecule is CC/C=C\C/C=C\C/C=C\C/C=C\C/C=C\CCCCCCCCCC(=O)NC(COC1OC(CO)C(OC2OC(CO)C(OC3OC(CO)C(O)C(O)C3O)C(O)C2O)C(O)C1O)C(O)/C=C/CCCCCCCCCCCCCCCCCCCCCC. The summed E-state index contributed by atoms with van der Waals surface area (Å²) in [6.07, 6.45) is 38.6. The Morgan fingerprint density at radius 1 is 0.411 bits per heavy atom. The van der Waals surface area contributed by atoms with Crippen LogP contribution in [0.15, 0.2) is 72.9 Å². The summed E-state index contributed by atoms with van der Waals surface area (Å²) in [5.41, 5.74) is 0. The summed E-state index contributed by atoms with van der Waals surface area (Å²) in [5.74, 6) is -0.288. The molecule has 3 saturated heterocycles. The molecule has 17 atom stereocenters. The van der Waals surface area contributed by atoms with E-state index in [0.29, 0.717) is 6.42 Å². The number of allylic oxidation sites excluding steroid dienone is 11. The van der Waals surface area contributed by atoms with Crippen molar-refractivity contribution in [2.24, 2.45) is 0 Å². The minimum Gasteiger partial charge on any atom is -0.394 e. The van der Waals surface area contributed by atoms with E-state index >= 15 is 0 Å². The predicted octanol–water partition coefficient (Wildman–Crippen LogP) is 9.33. The Labute approximate surface area is 540 Å². The van der Waals surface area contributed by atoms with E-state index in [1.165, 1.54) is 109 Å². The molecular formula is C71H125NO18. The van der Waals surface area contributed by atoms with Gasteiger partial charge in [-0.3, -0.25) is 4.79 Å². The number of hydrogen-bond acceptors (Lipinski definition) is 18. The minimum absolute atomic E-state index is 0.227. The first-order valence-corrected chi connectivity index (χ1v) is 35.2. The summed E-state index contributed by atoms with van der Waals surface area (Å²) in [5, 5.41) is 121. The highest BCUT2D eigenvalue weighted by atomic mass is 16.8. The molecule has 3 aliphatic rings. The van der Waals surface area contributed by atoms with Crippen molar-refractivity contribution in [1.29, 1.82) is 0 Å². The normalized spacial score (nSPS) is 28.5. The molecule has 0 spiro atoms. The highest BCUT2D eigenvalue weighted by Gasteiger charge is 2.53. The lowest BCUT2D eigenvalue weighted by molar-refractivity contribution is -0.379. The molecule has 0 bridgehead atoms. The lowest BCUT2D eigenvalue weighted by Gasteiger charge is -2.48. The van der Waals surface area contributed by atoms with Gasteiger partial charge in [-0.25, -0.2) is 0 Å². The number of rotatable bonds is 53. The number of ether oxygens (including phenoxy) is 6. The molecule has 3 fully saturated rings. The maximum Gasteiger partial charge on any atom is 0.220 e. The second-order valence-electron chi connectivity index (χ2n) is 25.0. The molecule has 19 nitrogen and oxygen atoms in total. The quantitative estimate of drug-likeness (QED) is 0.0199. The van der Waals surface area contributed by atoms with Gasteiger partial charge in [0.05, 0.1) is 38.6 Å². The van der Waals surface area contributed by atoms with Gasteiger partial charge in [-0.1, -0.05) is 241 Å². The average molecular weight is 1280 g/mol. The number of aliphatic hydroxyl groups excluding tert-OH is 11. The van der Waals surface area contributed by atoms with E-state index in [2.05, 4.69) is 79.9 Å². The fourth-order valence-corrected chi connectivity index (χ4v) is 11.6. The number of carbonyl (C=O) groups excluding carboxylic acids is 1. The number of amides is 1. The minimum atomic E-state index is -1.98. The molecule has 3 heterocycles. The molecule has 0 aromatic carbocycles. The Morgan fingerprint density at radius 3 is 1.20 bits per heavy atom. The van der Waals surface area contributed by atoms with Gasteiger partial charge in [0.2, 0.25) is 5.91 Å². The van der Waals surface area contributed by atoms with Crippen LogP contribution in [-0.2, 0) is 33.2 Å². The van der Waals surface area contributed by atoms with E-state index in [-0.39, 0.29) is 18.9 Å². The second kappa shape index (κ2) is 52.5. The van der Waals surface area contributed by atoms with Crippen LogP contribution in [0.5, 0.6) is 0 Å². The molecule has 0 aromatic rings. The molecule has 12 N–H and O–H groups in total. The number of hydrogen-bond donors (Lipinski definition) is 12. The fourth-order valence-electron chi connectivity index (χ4n) is 11.6. The van der Waals surface area contributed by atoms with Crippen LogP contribution in [0, 0.1) is 0 Å². The zero-order chi connectivity index (χ0) is 65.4. The van der Waals surface area contributed by atoms with Crippen LogP contribution in [-0.4, -0.2) is 193 Å². The van der Waals surface area contributed by atoms with Crippen LogP contribution in [0.3, 0.4) is 0 Å². The molecule has 0 aromatic heterocycles. The van der Waals surface area contributed by atoms with E-state index in [9.17, 15) is 61.0 Å². The fraction of sp³-hybridized carbons (Fsp3) is 0.817. The van der Waals surface area contributed by atoms with Crippen LogP contribution < -0.4 is 5.32 Å². The van der Waals surface area contributed by atoms with Crippen molar-refractivity contribution in [2.75, 3.05) is 26.4 Å². The Hall–Kier alpha value is -2.77. The van der Waals surface area contributed by atoms with Gasteiger partial charge in [0.15, 0.2) is 18.9 Å². The summed E-state index contributed by atoms with van der Waals surface area (Å²) >= 11 is 0. The van der Waals surface area contributed by atoms with Crippen molar-refractivity contribution in [3.63, 3.8) is 0 Å².